The third-order valence-electron chi connectivity index (χ3n) is 4.48. The Morgan fingerprint density at radius 2 is 2.23 bits per heavy atom. The number of amides is 1. The maximum atomic E-state index is 12.8. The van der Waals surface area contributed by atoms with E-state index < -0.39 is 0 Å². The molecule has 0 saturated carbocycles. The second-order valence-corrected chi connectivity index (χ2v) is 7.30. The second kappa shape index (κ2) is 7.49. The number of carbonyl (C=O) groups excluding carboxylic acids is 1. The number of anilines is 1. The third-order valence-corrected chi connectivity index (χ3v) is 5.53. The molecule has 0 aliphatic carbocycles. The summed E-state index contributed by atoms with van der Waals surface area (Å²) in [6.07, 6.45) is 2.47. The lowest BCUT2D eigenvalue weighted by Crippen LogP contribution is -2.46. The molecule has 5 heteroatoms. The smallest absolute Gasteiger partial charge is 0.241 e. The van der Waals surface area contributed by atoms with Crippen molar-refractivity contribution in [1.82, 2.24) is 10.2 Å². The van der Waals surface area contributed by atoms with Crippen molar-refractivity contribution in [1.29, 1.82) is 0 Å². The summed E-state index contributed by atoms with van der Waals surface area (Å²) in [7, 11) is 2.01. The van der Waals surface area contributed by atoms with Crippen molar-refractivity contribution in [2.24, 2.45) is 5.92 Å². The van der Waals surface area contributed by atoms with Crippen molar-refractivity contribution in [2.75, 3.05) is 50.4 Å². The van der Waals surface area contributed by atoms with E-state index in [4.69, 9.17) is 0 Å². The highest BCUT2D eigenvalue weighted by Gasteiger charge is 2.26. The lowest BCUT2D eigenvalue weighted by atomic mass is 9.98. The zero-order chi connectivity index (χ0) is 15.4. The number of hydrogen-bond donors (Lipinski definition) is 1. The zero-order valence-electron chi connectivity index (χ0n) is 13.3. The predicted octanol–water partition coefficient (Wildman–Crippen LogP) is 2.06. The molecule has 2 aliphatic rings. The SMILES string of the molecule is CNCC1CCCN(CC(=O)N2CCSc3ccccc32)C1. The highest BCUT2D eigenvalue weighted by molar-refractivity contribution is 7.99. The number of nitrogens with zero attached hydrogens (tertiary/aromatic N) is 2. The maximum Gasteiger partial charge on any atom is 0.241 e. The molecule has 0 bridgehead atoms. The molecule has 0 aromatic heterocycles. The third kappa shape index (κ3) is 3.65. The summed E-state index contributed by atoms with van der Waals surface area (Å²) in [6.45, 7) is 4.52. The number of hydrogen-bond acceptors (Lipinski definition) is 4. The first-order chi connectivity index (χ1) is 10.8. The fourth-order valence-corrected chi connectivity index (χ4v) is 4.45. The van der Waals surface area contributed by atoms with Gasteiger partial charge in [0.15, 0.2) is 0 Å². The summed E-state index contributed by atoms with van der Waals surface area (Å²) < 4.78 is 0. The molecule has 1 fully saturated rings. The summed E-state index contributed by atoms with van der Waals surface area (Å²) in [5, 5.41) is 3.26. The quantitative estimate of drug-likeness (QED) is 0.921. The first-order valence-electron chi connectivity index (χ1n) is 8.17. The van der Waals surface area contributed by atoms with Crippen molar-refractivity contribution in [3.63, 3.8) is 0 Å². The van der Waals surface area contributed by atoms with E-state index in [0.29, 0.717) is 12.5 Å². The molecule has 120 valence electrons. The average Bonchev–Trinajstić information content (AvgIpc) is 2.55. The van der Waals surface area contributed by atoms with Gasteiger partial charge in [-0.15, -0.1) is 11.8 Å². The van der Waals surface area contributed by atoms with Gasteiger partial charge >= 0.3 is 0 Å². The van der Waals surface area contributed by atoms with Crippen molar-refractivity contribution in [2.45, 2.75) is 17.7 Å². The molecule has 0 spiro atoms. The highest BCUT2D eigenvalue weighted by Crippen LogP contribution is 2.34. The van der Waals surface area contributed by atoms with Crippen LogP contribution in [-0.4, -0.2) is 56.3 Å². The Balaban J connectivity index is 1.63. The van der Waals surface area contributed by atoms with Gasteiger partial charge in [0, 0.05) is 23.7 Å². The first-order valence-corrected chi connectivity index (χ1v) is 9.15. The van der Waals surface area contributed by atoms with Gasteiger partial charge in [-0.25, -0.2) is 0 Å². The van der Waals surface area contributed by atoms with Crippen LogP contribution in [0.4, 0.5) is 5.69 Å². The van der Waals surface area contributed by atoms with Crippen LogP contribution in [0.5, 0.6) is 0 Å². The van der Waals surface area contributed by atoms with Gasteiger partial charge in [0.05, 0.1) is 12.2 Å². The van der Waals surface area contributed by atoms with Gasteiger partial charge in [0.25, 0.3) is 0 Å². The molecule has 22 heavy (non-hydrogen) atoms. The van der Waals surface area contributed by atoms with E-state index in [1.807, 2.05) is 35.8 Å². The Bertz CT molecular complexity index is 520. The number of thioether (sulfide) groups is 1. The molecule has 1 aromatic carbocycles. The summed E-state index contributed by atoms with van der Waals surface area (Å²) >= 11 is 1.85. The number of rotatable bonds is 4. The van der Waals surface area contributed by atoms with Gasteiger partial charge in [-0.2, -0.15) is 0 Å². The van der Waals surface area contributed by atoms with Crippen LogP contribution in [0.3, 0.4) is 0 Å². The monoisotopic (exact) mass is 319 g/mol. The molecule has 1 amide bonds. The molecule has 1 unspecified atom stereocenters. The highest BCUT2D eigenvalue weighted by atomic mass is 32.2. The molecule has 1 atom stereocenters. The van der Waals surface area contributed by atoms with E-state index in [9.17, 15) is 4.79 Å². The molecule has 4 nitrogen and oxygen atoms in total. The lowest BCUT2D eigenvalue weighted by molar-refractivity contribution is -0.120. The molecule has 1 aromatic rings. The van der Waals surface area contributed by atoms with Gasteiger partial charge in [-0.05, 0) is 51.0 Å². The van der Waals surface area contributed by atoms with E-state index >= 15 is 0 Å². The summed E-state index contributed by atoms with van der Waals surface area (Å²) in [5.41, 5.74) is 1.09. The minimum absolute atomic E-state index is 0.248. The van der Waals surface area contributed by atoms with Crippen molar-refractivity contribution < 1.29 is 4.79 Å². The molecule has 0 radical (unpaired) electrons. The van der Waals surface area contributed by atoms with E-state index in [0.717, 1.165) is 37.6 Å². The Hall–Kier alpha value is -1.04. The largest absolute Gasteiger partial charge is 0.319 e. The number of fused-ring (bicyclic) bond motifs is 1. The Morgan fingerprint density at radius 1 is 1.36 bits per heavy atom. The van der Waals surface area contributed by atoms with Crippen LogP contribution >= 0.6 is 11.8 Å². The first kappa shape index (κ1) is 15.8. The van der Waals surface area contributed by atoms with Crippen LogP contribution in [0.15, 0.2) is 29.2 Å². The van der Waals surface area contributed by atoms with Crippen LogP contribution in [0.1, 0.15) is 12.8 Å². The number of carbonyl (C=O) groups is 1. The van der Waals surface area contributed by atoms with Crippen LogP contribution in [0.2, 0.25) is 0 Å². The van der Waals surface area contributed by atoms with Gasteiger partial charge in [0.1, 0.15) is 0 Å². The number of nitrogens with one attached hydrogen (secondary N) is 1. The maximum absolute atomic E-state index is 12.8. The summed E-state index contributed by atoms with van der Waals surface area (Å²) in [6, 6.07) is 8.25. The second-order valence-electron chi connectivity index (χ2n) is 6.16. The van der Waals surface area contributed by atoms with E-state index in [-0.39, 0.29) is 5.91 Å². The van der Waals surface area contributed by atoms with Gasteiger partial charge in [0.2, 0.25) is 5.91 Å². The Labute approximate surface area is 137 Å². The number of piperidine rings is 1. The van der Waals surface area contributed by atoms with E-state index in [1.54, 1.807) is 0 Å². The molecule has 1 N–H and O–H groups in total. The predicted molar refractivity (Wildman–Crippen MR) is 92.6 cm³/mol. The van der Waals surface area contributed by atoms with E-state index in [1.165, 1.54) is 17.7 Å². The minimum Gasteiger partial charge on any atom is -0.319 e. The standard InChI is InChI=1S/C17H25N3OS/c1-18-11-14-5-4-8-19(12-14)13-17(21)20-9-10-22-16-7-3-2-6-15(16)20/h2-3,6-7,14,18H,4-5,8-13H2,1H3. The number of benzene rings is 1. The molecule has 3 rings (SSSR count). The van der Waals surface area contributed by atoms with Gasteiger partial charge in [-0.3, -0.25) is 9.69 Å². The van der Waals surface area contributed by atoms with Crippen molar-refractivity contribution >= 4 is 23.4 Å². The lowest BCUT2D eigenvalue weighted by Gasteiger charge is -2.35. The number of para-hydroxylation sites is 1. The van der Waals surface area contributed by atoms with Gasteiger partial charge < -0.3 is 10.2 Å². The number of likely N-dealkylation sites (tertiary alicyclic amines) is 1. The van der Waals surface area contributed by atoms with E-state index in [2.05, 4.69) is 22.3 Å². The normalized spacial score (nSPS) is 22.4. The summed E-state index contributed by atoms with van der Waals surface area (Å²) in [4.78, 5) is 18.3. The van der Waals surface area contributed by atoms with Crippen molar-refractivity contribution in [3.8, 4) is 0 Å². The van der Waals surface area contributed by atoms with Crippen molar-refractivity contribution in [3.05, 3.63) is 24.3 Å². The fourth-order valence-electron chi connectivity index (χ4n) is 3.46. The Morgan fingerprint density at radius 3 is 3.09 bits per heavy atom. The molecular formula is C17H25N3OS. The topological polar surface area (TPSA) is 35.6 Å². The summed E-state index contributed by atoms with van der Waals surface area (Å²) in [5.74, 6) is 1.92. The van der Waals surface area contributed by atoms with Crippen LogP contribution < -0.4 is 10.2 Å². The Kier molecular flexibility index (Phi) is 5.39. The van der Waals surface area contributed by atoms with Crippen LogP contribution in [0.25, 0.3) is 0 Å². The van der Waals surface area contributed by atoms with Crippen LogP contribution in [0, 0.1) is 5.92 Å². The van der Waals surface area contributed by atoms with Crippen LogP contribution in [-0.2, 0) is 4.79 Å². The minimum atomic E-state index is 0.248. The fraction of sp³-hybridized carbons (Fsp3) is 0.588. The average molecular weight is 319 g/mol. The van der Waals surface area contributed by atoms with Gasteiger partial charge in [-0.1, -0.05) is 12.1 Å². The molecule has 1 saturated heterocycles. The zero-order valence-corrected chi connectivity index (χ0v) is 14.1. The molecular weight excluding hydrogens is 294 g/mol. The molecule has 2 heterocycles. The molecule has 2 aliphatic heterocycles.